The smallest absolute Gasteiger partial charge is 0.150 e. The SMILES string of the molecule is N=C/C(=C\NC1CCNCC1)c1cnc2cccc(-c3cc(F)c(N4CCOCC4)c(F)c3)c2n1. The molecule has 3 aromatic rings. The molecule has 2 aromatic carbocycles. The number of para-hydroxylation sites is 1. The van der Waals surface area contributed by atoms with E-state index < -0.39 is 11.6 Å². The van der Waals surface area contributed by atoms with Crippen molar-refractivity contribution in [1.29, 1.82) is 5.41 Å². The fourth-order valence-corrected chi connectivity index (χ4v) is 4.60. The van der Waals surface area contributed by atoms with Gasteiger partial charge >= 0.3 is 0 Å². The third-order valence-corrected chi connectivity index (χ3v) is 6.49. The topological polar surface area (TPSA) is 86.2 Å². The second kappa shape index (κ2) is 10.5. The van der Waals surface area contributed by atoms with E-state index in [0.717, 1.165) is 25.9 Å². The zero-order valence-corrected chi connectivity index (χ0v) is 19.4. The quantitative estimate of drug-likeness (QED) is 0.468. The summed E-state index contributed by atoms with van der Waals surface area (Å²) >= 11 is 0. The van der Waals surface area contributed by atoms with Crippen LogP contribution in [0.25, 0.3) is 27.7 Å². The second-order valence-electron chi connectivity index (χ2n) is 8.75. The van der Waals surface area contributed by atoms with Crippen LogP contribution >= 0.6 is 0 Å². The molecule has 2 aliphatic rings. The number of rotatable bonds is 6. The average Bonchev–Trinajstić information content (AvgIpc) is 2.89. The van der Waals surface area contributed by atoms with Crippen molar-refractivity contribution in [2.45, 2.75) is 18.9 Å². The lowest BCUT2D eigenvalue weighted by Crippen LogP contribution is -2.37. The van der Waals surface area contributed by atoms with E-state index in [-0.39, 0.29) is 5.69 Å². The molecule has 0 unspecified atom stereocenters. The van der Waals surface area contributed by atoms with Gasteiger partial charge < -0.3 is 25.7 Å². The van der Waals surface area contributed by atoms with Crippen LogP contribution in [-0.2, 0) is 4.74 Å². The number of allylic oxidation sites excluding steroid dienone is 1. The molecular formula is C26H28F2N6O. The van der Waals surface area contributed by atoms with E-state index in [4.69, 9.17) is 15.1 Å². The third-order valence-electron chi connectivity index (χ3n) is 6.49. The Balaban J connectivity index is 1.50. The second-order valence-corrected chi connectivity index (χ2v) is 8.75. The molecule has 1 aromatic heterocycles. The van der Waals surface area contributed by atoms with Gasteiger partial charge in [-0.3, -0.25) is 4.98 Å². The van der Waals surface area contributed by atoms with Gasteiger partial charge in [-0.15, -0.1) is 0 Å². The van der Waals surface area contributed by atoms with Crippen molar-refractivity contribution in [1.82, 2.24) is 20.6 Å². The van der Waals surface area contributed by atoms with Gasteiger partial charge in [-0.2, -0.15) is 0 Å². The molecule has 3 heterocycles. The number of morpholine rings is 1. The fraction of sp³-hybridized carbons (Fsp3) is 0.346. The Kier molecular flexibility index (Phi) is 6.96. The van der Waals surface area contributed by atoms with Gasteiger partial charge in [-0.05, 0) is 49.7 Å². The van der Waals surface area contributed by atoms with Crippen LogP contribution in [0.15, 0.2) is 42.7 Å². The maximum absolute atomic E-state index is 15.1. The number of benzene rings is 2. The van der Waals surface area contributed by atoms with E-state index in [1.807, 2.05) is 6.07 Å². The first-order valence-corrected chi connectivity index (χ1v) is 11.9. The number of aromatic nitrogens is 2. The largest absolute Gasteiger partial charge is 0.387 e. The van der Waals surface area contributed by atoms with Gasteiger partial charge in [0, 0.05) is 42.7 Å². The Morgan fingerprint density at radius 3 is 2.60 bits per heavy atom. The normalized spacial score (nSPS) is 17.5. The number of fused-ring (bicyclic) bond motifs is 1. The molecule has 0 atom stereocenters. The molecule has 0 spiro atoms. The summed E-state index contributed by atoms with van der Waals surface area (Å²) in [6.07, 6.45) is 6.68. The minimum absolute atomic E-state index is 0.0259. The fourth-order valence-electron chi connectivity index (χ4n) is 4.60. The molecule has 0 aliphatic carbocycles. The van der Waals surface area contributed by atoms with Crippen LogP contribution in [0, 0.1) is 17.0 Å². The maximum atomic E-state index is 15.1. The summed E-state index contributed by atoms with van der Waals surface area (Å²) in [7, 11) is 0. The van der Waals surface area contributed by atoms with Gasteiger partial charge in [0.1, 0.15) is 17.3 Å². The summed E-state index contributed by atoms with van der Waals surface area (Å²) in [5.41, 5.74) is 3.20. The van der Waals surface area contributed by atoms with Crippen LogP contribution in [0.1, 0.15) is 18.5 Å². The molecule has 7 nitrogen and oxygen atoms in total. The van der Waals surface area contributed by atoms with E-state index in [9.17, 15) is 0 Å². The molecule has 35 heavy (non-hydrogen) atoms. The van der Waals surface area contributed by atoms with Crippen LogP contribution in [0.5, 0.6) is 0 Å². The number of nitrogens with zero attached hydrogens (tertiary/aromatic N) is 3. The molecule has 5 rings (SSSR count). The van der Waals surface area contributed by atoms with Crippen molar-refractivity contribution in [3.8, 4) is 11.1 Å². The highest BCUT2D eigenvalue weighted by atomic mass is 19.1. The average molecular weight is 479 g/mol. The van der Waals surface area contributed by atoms with Crippen molar-refractivity contribution in [2.24, 2.45) is 0 Å². The van der Waals surface area contributed by atoms with E-state index in [1.165, 1.54) is 18.3 Å². The van der Waals surface area contributed by atoms with E-state index in [2.05, 4.69) is 15.6 Å². The summed E-state index contributed by atoms with van der Waals surface area (Å²) in [5.74, 6) is -1.23. The summed E-state index contributed by atoms with van der Waals surface area (Å²) in [5, 5.41) is 14.6. The molecule has 2 fully saturated rings. The Labute approximate surface area is 202 Å². The van der Waals surface area contributed by atoms with Crippen molar-refractivity contribution in [3.05, 3.63) is 60.1 Å². The molecule has 2 aliphatic heterocycles. The number of hydrogen-bond donors (Lipinski definition) is 3. The van der Waals surface area contributed by atoms with Gasteiger partial charge in [0.25, 0.3) is 0 Å². The molecule has 0 saturated carbocycles. The van der Waals surface area contributed by atoms with E-state index in [1.54, 1.807) is 29.4 Å². The van der Waals surface area contributed by atoms with Gasteiger partial charge in [-0.1, -0.05) is 12.1 Å². The molecule has 0 bridgehead atoms. The number of ether oxygens (including phenoxy) is 1. The monoisotopic (exact) mass is 478 g/mol. The van der Waals surface area contributed by atoms with E-state index >= 15 is 8.78 Å². The third kappa shape index (κ3) is 5.01. The highest BCUT2D eigenvalue weighted by molar-refractivity contribution is 6.08. The van der Waals surface area contributed by atoms with Crippen molar-refractivity contribution >= 4 is 28.5 Å². The Hall–Kier alpha value is -3.43. The molecule has 3 N–H and O–H groups in total. The van der Waals surface area contributed by atoms with Crippen LogP contribution < -0.4 is 15.5 Å². The summed E-state index contributed by atoms with van der Waals surface area (Å²) in [6, 6.07) is 8.43. The Morgan fingerprint density at radius 2 is 1.89 bits per heavy atom. The number of piperidine rings is 1. The minimum Gasteiger partial charge on any atom is -0.387 e. The van der Waals surface area contributed by atoms with Gasteiger partial charge in [0.2, 0.25) is 0 Å². The van der Waals surface area contributed by atoms with Crippen molar-refractivity contribution < 1.29 is 13.5 Å². The number of anilines is 1. The van der Waals surface area contributed by atoms with Gasteiger partial charge in [-0.25, -0.2) is 13.8 Å². The van der Waals surface area contributed by atoms with Crippen molar-refractivity contribution in [2.75, 3.05) is 44.3 Å². The number of nitrogens with one attached hydrogen (secondary N) is 3. The number of hydrogen-bond acceptors (Lipinski definition) is 7. The van der Waals surface area contributed by atoms with Crippen LogP contribution in [-0.4, -0.2) is 61.6 Å². The minimum atomic E-state index is -0.616. The molecule has 2 saturated heterocycles. The Bertz CT molecular complexity index is 1230. The maximum Gasteiger partial charge on any atom is 0.150 e. The van der Waals surface area contributed by atoms with Crippen LogP contribution in [0.3, 0.4) is 0 Å². The predicted octanol–water partition coefficient (Wildman–Crippen LogP) is 3.74. The van der Waals surface area contributed by atoms with Crippen LogP contribution in [0.2, 0.25) is 0 Å². The Morgan fingerprint density at radius 1 is 1.14 bits per heavy atom. The van der Waals surface area contributed by atoms with Crippen molar-refractivity contribution in [3.63, 3.8) is 0 Å². The predicted molar refractivity (Wildman–Crippen MR) is 134 cm³/mol. The molecule has 0 radical (unpaired) electrons. The first-order valence-electron chi connectivity index (χ1n) is 11.9. The van der Waals surface area contributed by atoms with Crippen LogP contribution in [0.4, 0.5) is 14.5 Å². The lowest BCUT2D eigenvalue weighted by molar-refractivity contribution is 0.122. The number of halogens is 2. The van der Waals surface area contributed by atoms with Gasteiger partial charge in [0.05, 0.1) is 36.1 Å². The van der Waals surface area contributed by atoms with E-state index in [0.29, 0.717) is 65.8 Å². The zero-order chi connectivity index (χ0) is 24.2. The summed E-state index contributed by atoms with van der Waals surface area (Å²) < 4.78 is 35.5. The zero-order valence-electron chi connectivity index (χ0n) is 19.4. The first-order chi connectivity index (χ1) is 17.1. The highest BCUT2D eigenvalue weighted by Gasteiger charge is 2.21. The molecule has 0 amide bonds. The lowest BCUT2D eigenvalue weighted by Gasteiger charge is -2.29. The lowest BCUT2D eigenvalue weighted by atomic mass is 10.0. The molecule has 9 heteroatoms. The van der Waals surface area contributed by atoms with Gasteiger partial charge in [0.15, 0.2) is 0 Å². The standard InChI is InChI=1S/C26H28F2N6O/c27-21-12-17(13-22(28)26(21)34-8-10-35-11-9-34)20-2-1-3-23-25(20)33-24(16-32-23)18(14-29)15-31-19-4-6-30-7-5-19/h1-3,12-16,19,29-31H,4-11H2/b18-15+,29-14?. The molecule has 182 valence electrons. The first kappa shape index (κ1) is 23.3. The summed E-state index contributed by atoms with van der Waals surface area (Å²) in [6.45, 7) is 3.69. The molecular weight excluding hydrogens is 450 g/mol. The highest BCUT2D eigenvalue weighted by Crippen LogP contribution is 2.33. The summed E-state index contributed by atoms with van der Waals surface area (Å²) in [4.78, 5) is 10.9.